The Kier molecular flexibility index (Phi) is 6.03. The molecule has 1 aliphatic heterocycles. The first-order chi connectivity index (χ1) is 11.0. The molecular formula is C16H23ClN4O2S. The molecule has 1 atom stereocenters. The van der Waals surface area contributed by atoms with E-state index in [4.69, 9.17) is 5.73 Å². The molecule has 3 rings (SSSR count). The van der Waals surface area contributed by atoms with E-state index in [1.807, 2.05) is 31.2 Å². The topological polar surface area (TPSA) is 81.2 Å². The molecule has 1 unspecified atom stereocenters. The van der Waals surface area contributed by atoms with E-state index in [-0.39, 0.29) is 23.3 Å². The summed E-state index contributed by atoms with van der Waals surface area (Å²) < 4.78 is 28.9. The summed E-state index contributed by atoms with van der Waals surface area (Å²) in [5.41, 5.74) is 7.74. The average Bonchev–Trinajstić information content (AvgIpc) is 3.06. The first-order valence-corrected chi connectivity index (χ1v) is 9.30. The number of nitrogens with two attached hydrogens (primary N) is 1. The van der Waals surface area contributed by atoms with Gasteiger partial charge < -0.3 is 5.73 Å². The van der Waals surface area contributed by atoms with Gasteiger partial charge in [0.1, 0.15) is 4.90 Å². The van der Waals surface area contributed by atoms with Crippen molar-refractivity contribution >= 4 is 22.4 Å². The summed E-state index contributed by atoms with van der Waals surface area (Å²) in [6, 6.07) is 7.67. The van der Waals surface area contributed by atoms with Crippen LogP contribution in [0.5, 0.6) is 0 Å². The van der Waals surface area contributed by atoms with Crippen LogP contribution in [0, 0.1) is 6.92 Å². The highest BCUT2D eigenvalue weighted by atomic mass is 35.5. The third-order valence-electron chi connectivity index (χ3n) is 4.31. The fourth-order valence-corrected chi connectivity index (χ4v) is 4.58. The summed E-state index contributed by atoms with van der Waals surface area (Å²) in [5, 5.41) is 4.21. The number of piperidine rings is 1. The molecule has 0 amide bonds. The number of aryl methyl sites for hydroxylation is 1. The van der Waals surface area contributed by atoms with Gasteiger partial charge in [0, 0.05) is 19.1 Å². The Balaban J connectivity index is 0.00000208. The van der Waals surface area contributed by atoms with Crippen LogP contribution in [0.4, 0.5) is 0 Å². The van der Waals surface area contributed by atoms with Crippen molar-refractivity contribution in [3.63, 3.8) is 0 Å². The summed E-state index contributed by atoms with van der Waals surface area (Å²) in [5.74, 6) is 0. The lowest BCUT2D eigenvalue weighted by Crippen LogP contribution is -2.47. The average molecular weight is 371 g/mol. The van der Waals surface area contributed by atoms with Gasteiger partial charge in [-0.1, -0.05) is 24.1 Å². The van der Waals surface area contributed by atoms with Crippen molar-refractivity contribution in [3.8, 4) is 5.69 Å². The smallest absolute Gasteiger partial charge is 0.246 e. The number of rotatable bonds is 4. The maximum atomic E-state index is 12.9. The van der Waals surface area contributed by atoms with Crippen molar-refractivity contribution in [1.82, 2.24) is 14.1 Å². The van der Waals surface area contributed by atoms with Gasteiger partial charge in [-0.25, -0.2) is 13.1 Å². The van der Waals surface area contributed by atoms with Crippen molar-refractivity contribution in [3.05, 3.63) is 42.2 Å². The molecule has 8 heteroatoms. The first-order valence-electron chi connectivity index (χ1n) is 7.86. The lowest BCUT2D eigenvalue weighted by Gasteiger charge is -2.33. The Morgan fingerprint density at radius 3 is 2.62 bits per heavy atom. The first kappa shape index (κ1) is 18.9. The number of nitrogens with zero attached hydrogens (tertiary/aromatic N) is 3. The minimum atomic E-state index is -3.55. The Labute approximate surface area is 149 Å². The molecule has 2 N–H and O–H groups in total. The number of sulfonamides is 1. The van der Waals surface area contributed by atoms with Crippen molar-refractivity contribution in [2.45, 2.75) is 37.1 Å². The Morgan fingerprint density at radius 1 is 1.25 bits per heavy atom. The lowest BCUT2D eigenvalue weighted by atomic mass is 10.1. The van der Waals surface area contributed by atoms with Crippen molar-refractivity contribution in [2.24, 2.45) is 5.73 Å². The summed E-state index contributed by atoms with van der Waals surface area (Å²) >= 11 is 0. The summed E-state index contributed by atoms with van der Waals surface area (Å²) in [7, 11) is -3.55. The van der Waals surface area contributed by atoms with Gasteiger partial charge in [0.2, 0.25) is 10.0 Å². The molecule has 0 radical (unpaired) electrons. The standard InChI is InChI=1S/C16H22N4O2S.ClH/c1-13-5-7-14(8-6-13)19-12-16(11-18-19)23(21,22)20-9-3-2-4-15(20)10-17;/h5-8,11-12,15H,2-4,9-10,17H2,1H3;1H. The van der Waals surface area contributed by atoms with E-state index in [0.717, 1.165) is 30.5 Å². The quantitative estimate of drug-likeness (QED) is 0.893. The minimum absolute atomic E-state index is 0. The zero-order chi connectivity index (χ0) is 16.4. The number of hydrogen-bond donors (Lipinski definition) is 1. The zero-order valence-corrected chi connectivity index (χ0v) is 15.3. The second kappa shape index (κ2) is 7.65. The van der Waals surface area contributed by atoms with Crippen LogP contribution < -0.4 is 5.73 Å². The van der Waals surface area contributed by atoms with Gasteiger partial charge in [-0.05, 0) is 31.9 Å². The van der Waals surface area contributed by atoms with Gasteiger partial charge in [-0.2, -0.15) is 9.40 Å². The molecule has 0 aliphatic carbocycles. The fraction of sp³-hybridized carbons (Fsp3) is 0.438. The number of aromatic nitrogens is 2. The lowest BCUT2D eigenvalue weighted by molar-refractivity contribution is 0.257. The van der Waals surface area contributed by atoms with Crippen LogP contribution in [0.25, 0.3) is 5.69 Å². The van der Waals surface area contributed by atoms with E-state index in [0.29, 0.717) is 13.1 Å². The fourth-order valence-electron chi connectivity index (χ4n) is 2.94. The molecular weight excluding hydrogens is 348 g/mol. The van der Waals surface area contributed by atoms with E-state index in [9.17, 15) is 8.42 Å². The molecule has 1 fully saturated rings. The molecule has 0 saturated carbocycles. The SMILES string of the molecule is Cc1ccc(-n2cc(S(=O)(=O)N3CCCCC3CN)cn2)cc1.Cl. The van der Waals surface area contributed by atoms with Crippen molar-refractivity contribution < 1.29 is 8.42 Å². The third kappa shape index (κ3) is 3.64. The summed E-state index contributed by atoms with van der Waals surface area (Å²) in [4.78, 5) is 0.221. The van der Waals surface area contributed by atoms with Gasteiger partial charge in [-0.15, -0.1) is 12.4 Å². The number of hydrogen-bond acceptors (Lipinski definition) is 4. The Morgan fingerprint density at radius 2 is 1.96 bits per heavy atom. The van der Waals surface area contributed by atoms with Gasteiger partial charge in [0.25, 0.3) is 0 Å². The van der Waals surface area contributed by atoms with Crippen LogP contribution in [-0.2, 0) is 10.0 Å². The van der Waals surface area contributed by atoms with Crippen LogP contribution in [0.15, 0.2) is 41.6 Å². The van der Waals surface area contributed by atoms with E-state index < -0.39 is 10.0 Å². The van der Waals surface area contributed by atoms with Gasteiger partial charge >= 0.3 is 0 Å². The monoisotopic (exact) mass is 370 g/mol. The normalized spacial score (nSPS) is 19.0. The predicted octanol–water partition coefficient (Wildman–Crippen LogP) is 2.10. The van der Waals surface area contributed by atoms with Crippen molar-refractivity contribution in [2.75, 3.05) is 13.1 Å². The molecule has 1 aliphatic rings. The molecule has 0 bridgehead atoms. The highest BCUT2D eigenvalue weighted by Crippen LogP contribution is 2.25. The van der Waals surface area contributed by atoms with Gasteiger partial charge in [-0.3, -0.25) is 0 Å². The molecule has 1 saturated heterocycles. The largest absolute Gasteiger partial charge is 0.329 e. The van der Waals surface area contributed by atoms with E-state index in [2.05, 4.69) is 5.10 Å². The molecule has 2 heterocycles. The number of benzene rings is 1. The third-order valence-corrected chi connectivity index (χ3v) is 6.21. The maximum absolute atomic E-state index is 12.9. The van der Waals surface area contributed by atoms with Crippen LogP contribution in [0.2, 0.25) is 0 Å². The highest BCUT2D eigenvalue weighted by Gasteiger charge is 2.33. The van der Waals surface area contributed by atoms with Crippen LogP contribution >= 0.6 is 12.4 Å². The molecule has 1 aromatic heterocycles. The molecule has 1 aromatic carbocycles. The molecule has 132 valence electrons. The van der Waals surface area contributed by atoms with Crippen LogP contribution in [0.3, 0.4) is 0 Å². The number of halogens is 1. The Bertz CT molecular complexity index is 774. The zero-order valence-electron chi connectivity index (χ0n) is 13.6. The predicted molar refractivity (Wildman–Crippen MR) is 96.1 cm³/mol. The summed E-state index contributed by atoms with van der Waals surface area (Å²) in [6.45, 7) is 2.89. The minimum Gasteiger partial charge on any atom is -0.329 e. The highest BCUT2D eigenvalue weighted by molar-refractivity contribution is 7.89. The van der Waals surface area contributed by atoms with Gasteiger partial charge in [0.15, 0.2) is 0 Å². The van der Waals surface area contributed by atoms with E-state index >= 15 is 0 Å². The summed E-state index contributed by atoms with van der Waals surface area (Å²) in [6.07, 6.45) is 5.71. The molecule has 6 nitrogen and oxygen atoms in total. The maximum Gasteiger partial charge on any atom is 0.246 e. The molecule has 24 heavy (non-hydrogen) atoms. The second-order valence-corrected chi connectivity index (χ2v) is 7.85. The van der Waals surface area contributed by atoms with E-state index in [1.54, 1.807) is 10.9 Å². The van der Waals surface area contributed by atoms with Crippen LogP contribution in [-0.4, -0.2) is 41.6 Å². The van der Waals surface area contributed by atoms with Crippen LogP contribution in [0.1, 0.15) is 24.8 Å². The van der Waals surface area contributed by atoms with E-state index in [1.165, 1.54) is 10.5 Å². The Hall–Kier alpha value is -1.41. The van der Waals surface area contributed by atoms with Crippen molar-refractivity contribution in [1.29, 1.82) is 0 Å². The van der Waals surface area contributed by atoms with Gasteiger partial charge in [0.05, 0.1) is 18.1 Å². The molecule has 0 spiro atoms. The second-order valence-electron chi connectivity index (χ2n) is 5.96. The molecule has 2 aromatic rings.